The lowest BCUT2D eigenvalue weighted by atomic mass is 10.1. The third-order valence-electron chi connectivity index (χ3n) is 5.18. The van der Waals surface area contributed by atoms with Crippen molar-refractivity contribution < 1.29 is 14.4 Å². The Labute approximate surface area is 199 Å². The van der Waals surface area contributed by atoms with E-state index in [9.17, 15) is 14.4 Å². The van der Waals surface area contributed by atoms with E-state index >= 15 is 0 Å². The first-order valence-electron chi connectivity index (χ1n) is 10.2. The van der Waals surface area contributed by atoms with Gasteiger partial charge in [0.2, 0.25) is 11.1 Å². The average molecular weight is 483 g/mol. The molecule has 0 radical (unpaired) electrons. The number of hydrogen-bond acceptors (Lipinski definition) is 8. The first-order valence-corrected chi connectivity index (χ1v) is 12.3. The third kappa shape index (κ3) is 4.93. The molecule has 0 spiro atoms. The predicted molar refractivity (Wildman–Crippen MR) is 128 cm³/mol. The minimum absolute atomic E-state index is 0.109. The summed E-state index contributed by atoms with van der Waals surface area (Å²) in [5, 5.41) is 7.46. The summed E-state index contributed by atoms with van der Waals surface area (Å²) in [5.41, 5.74) is 3.14. The summed E-state index contributed by atoms with van der Waals surface area (Å²) >= 11 is 2.33. The Hall–Kier alpha value is -3.18. The topological polar surface area (TPSA) is 110 Å². The fourth-order valence-corrected chi connectivity index (χ4v) is 4.66. The summed E-state index contributed by atoms with van der Waals surface area (Å²) in [6, 6.07) is 9.35. The molecule has 3 amide bonds. The molecule has 3 aromatic rings. The molecule has 1 N–H and O–H groups in total. The number of aryl methyl sites for hydroxylation is 2. The van der Waals surface area contributed by atoms with Crippen molar-refractivity contribution in [2.24, 2.45) is 0 Å². The number of carbonyl (C=O) groups is 3. The summed E-state index contributed by atoms with van der Waals surface area (Å²) < 4.78 is 1.64. The maximum Gasteiger partial charge on any atom is 0.293 e. The molecule has 1 fully saturated rings. The number of aromatic nitrogens is 4. The van der Waals surface area contributed by atoms with E-state index in [1.807, 2.05) is 50.4 Å². The maximum absolute atomic E-state index is 12.6. The van der Waals surface area contributed by atoms with Gasteiger partial charge in [0.15, 0.2) is 0 Å². The predicted octanol–water partition coefficient (Wildman–Crippen LogP) is 2.86. The monoisotopic (exact) mass is 482 g/mol. The molecule has 1 aliphatic rings. The summed E-state index contributed by atoms with van der Waals surface area (Å²) in [6.45, 7) is 3.99. The van der Waals surface area contributed by atoms with Crippen LogP contribution in [0.5, 0.6) is 0 Å². The minimum atomic E-state index is -0.347. The highest BCUT2D eigenvalue weighted by atomic mass is 32.2. The molecule has 0 bridgehead atoms. The molecule has 3 heterocycles. The number of rotatable bonds is 7. The quantitative estimate of drug-likeness (QED) is 0.404. The van der Waals surface area contributed by atoms with Crippen LogP contribution in [-0.4, -0.2) is 60.9 Å². The molecule has 1 aliphatic heterocycles. The van der Waals surface area contributed by atoms with Crippen molar-refractivity contribution in [3.8, 4) is 0 Å². The molecule has 33 heavy (non-hydrogen) atoms. The number of carbonyl (C=O) groups excluding carboxylic acids is 3. The molecule has 11 heteroatoms. The Morgan fingerprint density at radius 3 is 2.67 bits per heavy atom. The van der Waals surface area contributed by atoms with Gasteiger partial charge >= 0.3 is 0 Å². The molecule has 0 atom stereocenters. The Morgan fingerprint density at radius 2 is 1.94 bits per heavy atom. The number of benzene rings is 1. The molecular formula is C22H22N6O3S2. The second-order valence-corrected chi connectivity index (χ2v) is 9.11. The third-order valence-corrected chi connectivity index (χ3v) is 6.62. The van der Waals surface area contributed by atoms with Crippen LogP contribution >= 0.6 is 23.5 Å². The molecule has 0 saturated carbocycles. The summed E-state index contributed by atoms with van der Waals surface area (Å²) in [7, 11) is 0. The second-order valence-electron chi connectivity index (χ2n) is 7.34. The fourth-order valence-electron chi connectivity index (χ4n) is 3.46. The first-order chi connectivity index (χ1) is 15.9. The van der Waals surface area contributed by atoms with Gasteiger partial charge in [-0.25, -0.2) is 9.50 Å². The van der Waals surface area contributed by atoms with Gasteiger partial charge in [-0.15, -0.1) is 5.10 Å². The van der Waals surface area contributed by atoms with Crippen LogP contribution in [0, 0.1) is 13.8 Å². The largest absolute Gasteiger partial charge is 0.354 e. The lowest BCUT2D eigenvalue weighted by Crippen LogP contribution is -2.37. The van der Waals surface area contributed by atoms with Crippen molar-refractivity contribution in [3.63, 3.8) is 0 Å². The van der Waals surface area contributed by atoms with Crippen molar-refractivity contribution in [1.82, 2.24) is 29.8 Å². The van der Waals surface area contributed by atoms with Crippen molar-refractivity contribution in [2.75, 3.05) is 19.3 Å². The average Bonchev–Trinajstić information content (AvgIpc) is 3.33. The Kier molecular flexibility index (Phi) is 6.80. The molecule has 9 nitrogen and oxygen atoms in total. The van der Waals surface area contributed by atoms with Crippen LogP contribution in [-0.2, 0) is 16.0 Å². The maximum atomic E-state index is 12.6. The van der Waals surface area contributed by atoms with Crippen LogP contribution in [0.2, 0.25) is 0 Å². The number of fused-ring (bicyclic) bond motifs is 1. The van der Waals surface area contributed by atoms with Gasteiger partial charge in [-0.05, 0) is 43.5 Å². The summed E-state index contributed by atoms with van der Waals surface area (Å²) in [4.78, 5) is 47.8. The lowest BCUT2D eigenvalue weighted by molar-refractivity contribution is -0.124. The van der Waals surface area contributed by atoms with E-state index < -0.39 is 0 Å². The van der Waals surface area contributed by atoms with E-state index in [1.54, 1.807) is 10.6 Å². The number of amides is 3. The number of nitrogens with one attached hydrogen (secondary N) is 1. The van der Waals surface area contributed by atoms with Crippen LogP contribution in [0.25, 0.3) is 11.9 Å². The number of imide groups is 1. The standard InChI is InChI=1S/C22H22N6O3S2/c1-13-16(14(2)28-20(24-13)25-21(26-28)32-3)12-18(29)23-9-10-27-19(30)17(33-22(27)31)11-15-7-5-4-6-8-15/h4-8,11H,9-10,12H2,1-3H3,(H,23,29)/b17-11-. The van der Waals surface area contributed by atoms with Gasteiger partial charge in [0.1, 0.15) is 0 Å². The highest BCUT2D eigenvalue weighted by molar-refractivity contribution is 8.18. The Morgan fingerprint density at radius 1 is 1.18 bits per heavy atom. The highest BCUT2D eigenvalue weighted by Gasteiger charge is 2.34. The second kappa shape index (κ2) is 9.75. The van der Waals surface area contributed by atoms with Crippen molar-refractivity contribution >= 4 is 52.4 Å². The fraction of sp³-hybridized carbons (Fsp3) is 0.273. The van der Waals surface area contributed by atoms with Gasteiger partial charge in [0.05, 0.1) is 11.3 Å². The van der Waals surface area contributed by atoms with Gasteiger partial charge in [-0.3, -0.25) is 19.3 Å². The van der Waals surface area contributed by atoms with Crippen LogP contribution in [0.3, 0.4) is 0 Å². The SMILES string of the molecule is CSc1nc2nc(C)c(CC(=O)NCCN3C(=O)S/C(=C\c4ccccc4)C3=O)c(C)n2n1. The van der Waals surface area contributed by atoms with E-state index in [2.05, 4.69) is 20.4 Å². The summed E-state index contributed by atoms with van der Waals surface area (Å²) in [6.07, 6.45) is 3.70. The number of hydrogen-bond donors (Lipinski definition) is 1. The smallest absolute Gasteiger partial charge is 0.293 e. The highest BCUT2D eigenvalue weighted by Crippen LogP contribution is 2.31. The molecule has 0 aliphatic carbocycles. The molecule has 2 aromatic heterocycles. The molecule has 4 rings (SSSR count). The van der Waals surface area contributed by atoms with Gasteiger partial charge in [-0.1, -0.05) is 42.1 Å². The zero-order chi connectivity index (χ0) is 23.5. The zero-order valence-electron chi connectivity index (χ0n) is 18.4. The van der Waals surface area contributed by atoms with Crippen molar-refractivity contribution in [1.29, 1.82) is 0 Å². The van der Waals surface area contributed by atoms with E-state index in [-0.39, 0.29) is 36.6 Å². The summed E-state index contributed by atoms with van der Waals surface area (Å²) in [5.74, 6) is -0.0685. The molecule has 0 unspecified atom stereocenters. The van der Waals surface area contributed by atoms with E-state index in [1.165, 1.54) is 11.8 Å². The zero-order valence-corrected chi connectivity index (χ0v) is 20.0. The number of thioether (sulfide) groups is 2. The molecule has 1 aromatic carbocycles. The van der Waals surface area contributed by atoms with Crippen LogP contribution in [0.15, 0.2) is 40.4 Å². The van der Waals surface area contributed by atoms with E-state index in [0.29, 0.717) is 21.5 Å². The first kappa shape index (κ1) is 23.0. The molecule has 1 saturated heterocycles. The van der Waals surface area contributed by atoms with E-state index in [4.69, 9.17) is 0 Å². The van der Waals surface area contributed by atoms with Crippen LogP contribution < -0.4 is 5.32 Å². The Balaban J connectivity index is 1.36. The van der Waals surface area contributed by atoms with Crippen molar-refractivity contribution in [2.45, 2.75) is 25.4 Å². The normalized spacial score (nSPS) is 15.1. The molecule has 170 valence electrons. The Bertz CT molecular complexity index is 1270. The molecular weight excluding hydrogens is 460 g/mol. The number of nitrogens with zero attached hydrogens (tertiary/aromatic N) is 5. The minimum Gasteiger partial charge on any atom is -0.354 e. The van der Waals surface area contributed by atoms with Gasteiger partial charge in [-0.2, -0.15) is 4.98 Å². The van der Waals surface area contributed by atoms with E-state index in [0.717, 1.165) is 33.5 Å². The van der Waals surface area contributed by atoms with Crippen molar-refractivity contribution in [3.05, 3.63) is 57.8 Å². The lowest BCUT2D eigenvalue weighted by Gasteiger charge is -2.14. The van der Waals surface area contributed by atoms with Gasteiger partial charge in [0, 0.05) is 30.0 Å². The van der Waals surface area contributed by atoms with Crippen LogP contribution in [0.4, 0.5) is 4.79 Å². The van der Waals surface area contributed by atoms with Crippen LogP contribution in [0.1, 0.15) is 22.5 Å². The van der Waals surface area contributed by atoms with Gasteiger partial charge < -0.3 is 5.32 Å². The van der Waals surface area contributed by atoms with Gasteiger partial charge in [0.25, 0.3) is 16.9 Å².